The molecule has 3 heteroatoms. The van der Waals surface area contributed by atoms with Crippen molar-refractivity contribution in [3.63, 3.8) is 0 Å². The van der Waals surface area contributed by atoms with Crippen LogP contribution in [-0.2, 0) is 6.54 Å². The molecule has 0 spiro atoms. The number of hydrogen-bond donors (Lipinski definition) is 1. The number of aromatic nitrogens is 1. The average molecular weight is 263 g/mol. The van der Waals surface area contributed by atoms with Gasteiger partial charge in [-0.1, -0.05) is 27.7 Å². The molecule has 1 heterocycles. The third-order valence-corrected chi connectivity index (χ3v) is 3.02. The predicted molar refractivity (Wildman–Crippen MR) is 83.6 cm³/mol. The topological polar surface area (TPSA) is 28.2 Å². The Kier molecular flexibility index (Phi) is 6.29. The van der Waals surface area contributed by atoms with Crippen LogP contribution in [0.5, 0.6) is 0 Å². The summed E-state index contributed by atoms with van der Waals surface area (Å²) in [7, 11) is 2.17. The van der Waals surface area contributed by atoms with Crippen LogP contribution in [-0.4, -0.2) is 25.1 Å². The summed E-state index contributed by atoms with van der Waals surface area (Å²) >= 11 is 0. The fourth-order valence-electron chi connectivity index (χ4n) is 2.21. The van der Waals surface area contributed by atoms with Gasteiger partial charge in [-0.3, -0.25) is 4.98 Å². The van der Waals surface area contributed by atoms with Crippen molar-refractivity contribution in [1.82, 2.24) is 10.3 Å². The van der Waals surface area contributed by atoms with Crippen molar-refractivity contribution in [1.29, 1.82) is 0 Å². The molecule has 0 saturated heterocycles. The molecule has 0 radical (unpaired) electrons. The predicted octanol–water partition coefficient (Wildman–Crippen LogP) is 3.23. The van der Waals surface area contributed by atoms with Gasteiger partial charge in [0.1, 0.15) is 0 Å². The Bertz CT molecular complexity index is 386. The molecule has 1 aromatic heterocycles. The van der Waals surface area contributed by atoms with Gasteiger partial charge in [0.15, 0.2) is 0 Å². The van der Waals surface area contributed by atoms with Crippen LogP contribution in [0.1, 0.15) is 39.0 Å². The molecule has 0 aliphatic heterocycles. The molecular formula is C16H29N3. The van der Waals surface area contributed by atoms with E-state index >= 15 is 0 Å². The Morgan fingerprint density at radius 2 is 1.89 bits per heavy atom. The molecule has 0 aliphatic rings. The third-order valence-electron chi connectivity index (χ3n) is 3.02. The number of pyridine rings is 1. The minimum atomic E-state index is 0.662. The monoisotopic (exact) mass is 263 g/mol. The zero-order chi connectivity index (χ0) is 14.4. The summed E-state index contributed by atoms with van der Waals surface area (Å²) in [5.74, 6) is 1.34. The lowest BCUT2D eigenvalue weighted by Crippen LogP contribution is -2.26. The van der Waals surface area contributed by atoms with Crippen molar-refractivity contribution in [2.75, 3.05) is 25.0 Å². The van der Waals surface area contributed by atoms with Gasteiger partial charge in [-0.2, -0.15) is 0 Å². The molecule has 0 fully saturated rings. The fourth-order valence-corrected chi connectivity index (χ4v) is 2.21. The number of nitrogens with zero attached hydrogens (tertiary/aromatic N) is 2. The molecule has 0 aromatic carbocycles. The van der Waals surface area contributed by atoms with E-state index in [1.807, 2.05) is 6.20 Å². The summed E-state index contributed by atoms with van der Waals surface area (Å²) in [5, 5.41) is 3.50. The van der Waals surface area contributed by atoms with Gasteiger partial charge in [-0.25, -0.2) is 0 Å². The molecule has 0 amide bonds. The summed E-state index contributed by atoms with van der Waals surface area (Å²) in [6.45, 7) is 14.0. The van der Waals surface area contributed by atoms with E-state index in [4.69, 9.17) is 0 Å². The van der Waals surface area contributed by atoms with Crippen LogP contribution in [0.4, 0.5) is 5.69 Å². The molecule has 19 heavy (non-hydrogen) atoms. The Hall–Kier alpha value is -1.09. The second kappa shape index (κ2) is 7.49. The van der Waals surface area contributed by atoms with Crippen molar-refractivity contribution >= 4 is 5.69 Å². The van der Waals surface area contributed by atoms with Crippen LogP contribution in [0.3, 0.4) is 0 Å². The van der Waals surface area contributed by atoms with Crippen molar-refractivity contribution in [2.45, 2.75) is 41.2 Å². The van der Waals surface area contributed by atoms with E-state index < -0.39 is 0 Å². The molecule has 1 N–H and O–H groups in total. The summed E-state index contributed by atoms with van der Waals surface area (Å²) < 4.78 is 0. The average Bonchev–Trinajstić information content (AvgIpc) is 2.29. The van der Waals surface area contributed by atoms with Gasteiger partial charge in [0.05, 0.1) is 0 Å². The van der Waals surface area contributed by atoms with E-state index in [2.05, 4.69) is 62.9 Å². The third kappa shape index (κ3) is 5.60. The quantitative estimate of drug-likeness (QED) is 0.818. The Morgan fingerprint density at radius 3 is 2.47 bits per heavy atom. The summed E-state index contributed by atoms with van der Waals surface area (Å²) in [6.07, 6.45) is 2.01. The van der Waals surface area contributed by atoms with Gasteiger partial charge < -0.3 is 10.2 Å². The van der Waals surface area contributed by atoms with Gasteiger partial charge in [-0.15, -0.1) is 0 Å². The molecule has 0 unspecified atom stereocenters. The van der Waals surface area contributed by atoms with E-state index in [-0.39, 0.29) is 0 Å². The van der Waals surface area contributed by atoms with Crippen LogP contribution in [0.25, 0.3) is 0 Å². The van der Waals surface area contributed by atoms with Crippen molar-refractivity contribution in [3.8, 4) is 0 Å². The molecule has 3 nitrogen and oxygen atoms in total. The first-order chi connectivity index (χ1) is 8.90. The van der Waals surface area contributed by atoms with Crippen LogP contribution >= 0.6 is 0 Å². The normalized spacial score (nSPS) is 11.4. The van der Waals surface area contributed by atoms with Gasteiger partial charge in [0, 0.05) is 43.3 Å². The van der Waals surface area contributed by atoms with Gasteiger partial charge >= 0.3 is 0 Å². The fraction of sp³-hybridized carbons (Fsp3) is 0.688. The highest BCUT2D eigenvalue weighted by Gasteiger charge is 2.10. The highest BCUT2D eigenvalue weighted by molar-refractivity contribution is 5.53. The molecule has 0 bridgehead atoms. The number of hydrogen-bond acceptors (Lipinski definition) is 3. The summed E-state index contributed by atoms with van der Waals surface area (Å²) in [6, 6.07) is 2.19. The second-order valence-electron chi connectivity index (χ2n) is 6.25. The maximum Gasteiger partial charge on any atom is 0.0443 e. The Balaban J connectivity index is 2.79. The largest absolute Gasteiger partial charge is 0.374 e. The minimum absolute atomic E-state index is 0.662. The highest BCUT2D eigenvalue weighted by Crippen LogP contribution is 2.20. The first-order valence-corrected chi connectivity index (χ1v) is 7.27. The molecule has 1 rings (SSSR count). The molecule has 0 atom stereocenters. The number of rotatable bonds is 7. The second-order valence-corrected chi connectivity index (χ2v) is 6.25. The smallest absolute Gasteiger partial charge is 0.0443 e. The van der Waals surface area contributed by atoms with Crippen molar-refractivity contribution in [2.24, 2.45) is 11.8 Å². The Morgan fingerprint density at radius 1 is 1.21 bits per heavy atom. The maximum absolute atomic E-state index is 4.43. The van der Waals surface area contributed by atoms with Crippen LogP contribution in [0.15, 0.2) is 12.3 Å². The zero-order valence-electron chi connectivity index (χ0n) is 13.3. The number of nitrogens with one attached hydrogen (secondary N) is 1. The summed E-state index contributed by atoms with van der Waals surface area (Å²) in [4.78, 5) is 6.77. The Labute approximate surface area is 118 Å². The SMILES string of the molecule is Cc1cc(N(C)CC(C)C)c(CNCC(C)C)cn1. The zero-order valence-corrected chi connectivity index (χ0v) is 13.3. The van der Waals surface area contributed by atoms with Crippen LogP contribution in [0.2, 0.25) is 0 Å². The lowest BCUT2D eigenvalue weighted by molar-refractivity contribution is 0.551. The molecule has 1 aromatic rings. The van der Waals surface area contributed by atoms with E-state index in [0.29, 0.717) is 11.8 Å². The molecule has 0 saturated carbocycles. The number of anilines is 1. The van der Waals surface area contributed by atoms with Crippen molar-refractivity contribution < 1.29 is 0 Å². The van der Waals surface area contributed by atoms with Gasteiger partial charge in [0.25, 0.3) is 0 Å². The summed E-state index contributed by atoms with van der Waals surface area (Å²) in [5.41, 5.74) is 3.67. The van der Waals surface area contributed by atoms with E-state index in [1.54, 1.807) is 0 Å². The van der Waals surface area contributed by atoms with Crippen molar-refractivity contribution in [3.05, 3.63) is 23.5 Å². The van der Waals surface area contributed by atoms with Gasteiger partial charge in [0.2, 0.25) is 0 Å². The maximum atomic E-state index is 4.43. The lowest BCUT2D eigenvalue weighted by atomic mass is 10.1. The molecule has 108 valence electrons. The minimum Gasteiger partial charge on any atom is -0.374 e. The molecular weight excluding hydrogens is 234 g/mol. The number of aryl methyl sites for hydroxylation is 1. The van der Waals surface area contributed by atoms with Crippen LogP contribution in [0, 0.1) is 18.8 Å². The van der Waals surface area contributed by atoms with Gasteiger partial charge in [-0.05, 0) is 31.4 Å². The first kappa shape index (κ1) is 16.0. The highest BCUT2D eigenvalue weighted by atomic mass is 15.1. The van der Waals surface area contributed by atoms with Crippen LogP contribution < -0.4 is 10.2 Å². The van der Waals surface area contributed by atoms with E-state index in [1.165, 1.54) is 11.3 Å². The van der Waals surface area contributed by atoms with E-state index in [0.717, 1.165) is 25.3 Å². The lowest BCUT2D eigenvalue weighted by Gasteiger charge is -2.25. The molecule has 0 aliphatic carbocycles. The standard InChI is InChI=1S/C16H29N3/c1-12(2)8-17-9-15-10-18-14(5)7-16(15)19(6)11-13(3)4/h7,10,12-13,17H,8-9,11H2,1-6H3. The van der Waals surface area contributed by atoms with E-state index in [9.17, 15) is 0 Å². The first-order valence-electron chi connectivity index (χ1n) is 7.27.